The summed E-state index contributed by atoms with van der Waals surface area (Å²) in [6.07, 6.45) is 4.72. The normalized spacial score (nSPS) is 11.9. The van der Waals surface area contributed by atoms with Crippen molar-refractivity contribution in [3.8, 4) is 11.3 Å². The summed E-state index contributed by atoms with van der Waals surface area (Å²) in [6.45, 7) is 3.91. The summed E-state index contributed by atoms with van der Waals surface area (Å²) in [4.78, 5) is 20.6. The van der Waals surface area contributed by atoms with Crippen molar-refractivity contribution < 1.29 is 9.21 Å². The summed E-state index contributed by atoms with van der Waals surface area (Å²) in [7, 11) is 0. The second kappa shape index (κ2) is 6.44. The van der Waals surface area contributed by atoms with Gasteiger partial charge in [0.25, 0.3) is 5.91 Å². The average molecular weight is 307 g/mol. The summed E-state index contributed by atoms with van der Waals surface area (Å²) in [5.74, 6) is 0.201. The van der Waals surface area contributed by atoms with Crippen molar-refractivity contribution in [3.05, 3.63) is 72.0 Å². The Bertz CT molecular complexity index is 795. The van der Waals surface area contributed by atoms with Gasteiger partial charge in [-0.25, -0.2) is 4.98 Å². The van der Waals surface area contributed by atoms with Gasteiger partial charge >= 0.3 is 0 Å². The third-order valence-corrected chi connectivity index (χ3v) is 3.63. The van der Waals surface area contributed by atoms with Crippen LogP contribution in [0.4, 0.5) is 0 Å². The van der Waals surface area contributed by atoms with Crippen LogP contribution < -0.4 is 5.32 Å². The highest BCUT2D eigenvalue weighted by Gasteiger charge is 2.20. The largest absolute Gasteiger partial charge is 0.443 e. The molecular formula is C18H17N3O2. The number of carbonyl (C=O) groups is 1. The molecule has 1 atom stereocenters. The number of pyridine rings is 1. The maximum Gasteiger partial charge on any atom is 0.274 e. The van der Waals surface area contributed by atoms with E-state index in [2.05, 4.69) is 15.3 Å². The molecule has 5 nitrogen and oxygen atoms in total. The molecule has 0 unspecified atom stereocenters. The van der Waals surface area contributed by atoms with E-state index in [0.717, 1.165) is 16.7 Å². The number of nitrogens with zero attached hydrogens (tertiary/aromatic N) is 2. The minimum Gasteiger partial charge on any atom is -0.443 e. The molecule has 5 heteroatoms. The zero-order chi connectivity index (χ0) is 16.2. The summed E-state index contributed by atoms with van der Waals surface area (Å²) < 4.78 is 5.41. The minimum absolute atomic E-state index is 0.168. The predicted molar refractivity (Wildman–Crippen MR) is 86.8 cm³/mol. The first-order valence-corrected chi connectivity index (χ1v) is 7.36. The van der Waals surface area contributed by atoms with E-state index in [1.54, 1.807) is 12.4 Å². The van der Waals surface area contributed by atoms with Crippen LogP contribution >= 0.6 is 0 Å². The summed E-state index contributed by atoms with van der Waals surface area (Å²) >= 11 is 0. The molecule has 0 spiro atoms. The van der Waals surface area contributed by atoms with E-state index in [-0.39, 0.29) is 17.6 Å². The Morgan fingerprint density at radius 2 is 2.00 bits per heavy atom. The zero-order valence-electron chi connectivity index (χ0n) is 13.0. The maximum atomic E-state index is 12.5. The second-order valence-electron chi connectivity index (χ2n) is 5.38. The topological polar surface area (TPSA) is 68.0 Å². The van der Waals surface area contributed by atoms with E-state index >= 15 is 0 Å². The Morgan fingerprint density at radius 3 is 2.70 bits per heavy atom. The Kier molecular flexibility index (Phi) is 4.19. The molecule has 0 aliphatic heterocycles. The number of nitrogens with one attached hydrogen (secondary N) is 1. The first kappa shape index (κ1) is 15.0. The minimum atomic E-state index is -0.273. The highest BCUT2D eigenvalue weighted by molar-refractivity contribution is 5.97. The fourth-order valence-corrected chi connectivity index (χ4v) is 2.30. The van der Waals surface area contributed by atoms with Gasteiger partial charge in [0.1, 0.15) is 0 Å². The number of aryl methyl sites for hydroxylation is 1. The van der Waals surface area contributed by atoms with Crippen LogP contribution in [0.1, 0.15) is 34.6 Å². The van der Waals surface area contributed by atoms with Crippen molar-refractivity contribution >= 4 is 5.91 Å². The molecule has 23 heavy (non-hydrogen) atoms. The molecule has 0 saturated heterocycles. The number of hydrogen-bond donors (Lipinski definition) is 1. The highest BCUT2D eigenvalue weighted by Crippen LogP contribution is 2.24. The molecule has 1 amide bonds. The van der Waals surface area contributed by atoms with Gasteiger partial charge in [0.2, 0.25) is 0 Å². The predicted octanol–water partition coefficient (Wildman–Crippen LogP) is 3.54. The van der Waals surface area contributed by atoms with Crippen molar-refractivity contribution in [2.24, 2.45) is 0 Å². The van der Waals surface area contributed by atoms with Crippen LogP contribution in [-0.4, -0.2) is 15.9 Å². The van der Waals surface area contributed by atoms with Crippen LogP contribution in [0, 0.1) is 6.92 Å². The van der Waals surface area contributed by atoms with Gasteiger partial charge in [0.15, 0.2) is 17.8 Å². The molecule has 0 radical (unpaired) electrons. The lowest BCUT2D eigenvalue weighted by Crippen LogP contribution is -2.27. The number of rotatable bonds is 4. The van der Waals surface area contributed by atoms with Gasteiger partial charge in [-0.2, -0.15) is 0 Å². The van der Waals surface area contributed by atoms with Crippen LogP contribution in [0.2, 0.25) is 0 Å². The van der Waals surface area contributed by atoms with Gasteiger partial charge in [-0.1, -0.05) is 35.9 Å². The number of carbonyl (C=O) groups excluding carboxylic acids is 1. The molecule has 0 aliphatic rings. The number of hydrogen-bond acceptors (Lipinski definition) is 4. The van der Waals surface area contributed by atoms with Crippen molar-refractivity contribution in [2.45, 2.75) is 19.9 Å². The lowest BCUT2D eigenvalue weighted by Gasteiger charge is -2.13. The van der Waals surface area contributed by atoms with Gasteiger partial charge in [0.05, 0.1) is 6.04 Å². The van der Waals surface area contributed by atoms with Crippen LogP contribution in [0.15, 0.2) is 59.6 Å². The van der Waals surface area contributed by atoms with Crippen LogP contribution in [0.3, 0.4) is 0 Å². The molecule has 0 saturated carbocycles. The highest BCUT2D eigenvalue weighted by atomic mass is 16.3. The molecule has 0 fully saturated rings. The van der Waals surface area contributed by atoms with Crippen LogP contribution in [-0.2, 0) is 0 Å². The van der Waals surface area contributed by atoms with Crippen molar-refractivity contribution in [1.29, 1.82) is 0 Å². The fraction of sp³-hybridized carbons (Fsp3) is 0.167. The first-order chi connectivity index (χ1) is 11.1. The molecule has 2 heterocycles. The number of benzene rings is 1. The van der Waals surface area contributed by atoms with Gasteiger partial charge in [-0.3, -0.25) is 9.78 Å². The molecule has 116 valence electrons. The van der Waals surface area contributed by atoms with Crippen molar-refractivity contribution in [2.75, 3.05) is 0 Å². The van der Waals surface area contributed by atoms with Gasteiger partial charge < -0.3 is 9.73 Å². The average Bonchev–Trinajstić information content (AvgIpc) is 3.06. The number of aromatic nitrogens is 2. The molecule has 0 aliphatic carbocycles. The Balaban J connectivity index is 1.81. The van der Waals surface area contributed by atoms with Gasteiger partial charge in [-0.05, 0) is 25.5 Å². The third-order valence-electron chi connectivity index (χ3n) is 3.63. The van der Waals surface area contributed by atoms with E-state index in [4.69, 9.17) is 4.42 Å². The van der Waals surface area contributed by atoms with E-state index in [9.17, 15) is 4.79 Å². The maximum absolute atomic E-state index is 12.5. The summed E-state index contributed by atoms with van der Waals surface area (Å²) in [6, 6.07) is 11.4. The molecule has 3 aromatic rings. The Labute approximate surface area is 134 Å². The van der Waals surface area contributed by atoms with Crippen molar-refractivity contribution in [3.63, 3.8) is 0 Å². The van der Waals surface area contributed by atoms with E-state index in [1.807, 2.05) is 50.2 Å². The van der Waals surface area contributed by atoms with E-state index in [1.165, 1.54) is 6.39 Å². The zero-order valence-corrected chi connectivity index (χ0v) is 13.0. The monoisotopic (exact) mass is 307 g/mol. The fourth-order valence-electron chi connectivity index (χ4n) is 2.30. The quantitative estimate of drug-likeness (QED) is 0.800. The van der Waals surface area contributed by atoms with Gasteiger partial charge in [0, 0.05) is 18.0 Å². The molecule has 1 N–H and O–H groups in total. The second-order valence-corrected chi connectivity index (χ2v) is 5.38. The molecule has 1 aromatic carbocycles. The molecule has 3 rings (SSSR count). The number of amides is 1. The van der Waals surface area contributed by atoms with E-state index in [0.29, 0.717) is 5.76 Å². The van der Waals surface area contributed by atoms with Crippen LogP contribution in [0.25, 0.3) is 11.3 Å². The smallest absolute Gasteiger partial charge is 0.274 e. The Hall–Kier alpha value is -2.95. The molecular weight excluding hydrogens is 290 g/mol. The Morgan fingerprint density at radius 1 is 1.22 bits per heavy atom. The third kappa shape index (κ3) is 3.29. The first-order valence-electron chi connectivity index (χ1n) is 7.36. The van der Waals surface area contributed by atoms with Crippen molar-refractivity contribution in [1.82, 2.24) is 15.3 Å². The summed E-state index contributed by atoms with van der Waals surface area (Å²) in [5, 5.41) is 2.92. The summed E-state index contributed by atoms with van der Waals surface area (Å²) in [5.41, 5.74) is 3.18. The lowest BCUT2D eigenvalue weighted by atomic mass is 10.1. The lowest BCUT2D eigenvalue weighted by molar-refractivity contribution is 0.0935. The standard InChI is InChI=1S/C18H17N3O2/c1-12-5-7-14(8-6-12)17-16(20-11-23-17)18(22)21-13(2)15-4-3-9-19-10-15/h3-11,13H,1-2H3,(H,21,22)/t13-/m1/s1. The number of oxazole rings is 1. The van der Waals surface area contributed by atoms with E-state index < -0.39 is 0 Å². The van der Waals surface area contributed by atoms with Crippen LogP contribution in [0.5, 0.6) is 0 Å². The molecule has 0 bridgehead atoms. The van der Waals surface area contributed by atoms with Gasteiger partial charge in [-0.15, -0.1) is 0 Å². The molecule has 2 aromatic heterocycles. The SMILES string of the molecule is Cc1ccc(-c2ocnc2C(=O)N[C@H](C)c2cccnc2)cc1.